The SMILES string of the molecule is Cc1ccc(S(N)(=O)=O)c(CC(=O)O)c1. The summed E-state index contributed by atoms with van der Waals surface area (Å²) in [5.74, 6) is -1.09. The molecule has 0 saturated carbocycles. The van der Waals surface area contributed by atoms with Gasteiger partial charge in [-0.2, -0.15) is 0 Å². The second kappa shape index (κ2) is 4.00. The number of carbonyl (C=O) groups is 1. The van der Waals surface area contributed by atoms with Crippen molar-refractivity contribution in [3.05, 3.63) is 29.3 Å². The average Bonchev–Trinajstić information content (AvgIpc) is 1.99. The number of hydrogen-bond acceptors (Lipinski definition) is 3. The summed E-state index contributed by atoms with van der Waals surface area (Å²) in [6.45, 7) is 1.75. The molecule has 0 atom stereocenters. The predicted molar refractivity (Wildman–Crippen MR) is 53.9 cm³/mol. The number of carboxylic acids is 1. The van der Waals surface area contributed by atoms with Crippen LogP contribution < -0.4 is 5.14 Å². The summed E-state index contributed by atoms with van der Waals surface area (Å²) in [5, 5.41) is 13.6. The molecule has 0 bridgehead atoms. The summed E-state index contributed by atoms with van der Waals surface area (Å²) in [6.07, 6.45) is -0.354. The molecule has 0 aliphatic rings. The number of aryl methyl sites for hydroxylation is 1. The van der Waals surface area contributed by atoms with E-state index in [9.17, 15) is 13.2 Å². The molecule has 15 heavy (non-hydrogen) atoms. The molecule has 0 heterocycles. The minimum Gasteiger partial charge on any atom is -0.481 e. The summed E-state index contributed by atoms with van der Waals surface area (Å²) in [5.41, 5.74) is 1.00. The Labute approximate surface area is 87.6 Å². The lowest BCUT2D eigenvalue weighted by Gasteiger charge is -2.06. The zero-order valence-electron chi connectivity index (χ0n) is 8.10. The van der Waals surface area contributed by atoms with Crippen molar-refractivity contribution in [3.63, 3.8) is 0 Å². The van der Waals surface area contributed by atoms with E-state index in [1.165, 1.54) is 12.1 Å². The van der Waals surface area contributed by atoms with Crippen LogP contribution in [0.2, 0.25) is 0 Å². The monoisotopic (exact) mass is 229 g/mol. The highest BCUT2D eigenvalue weighted by atomic mass is 32.2. The van der Waals surface area contributed by atoms with Crippen LogP contribution in [0.5, 0.6) is 0 Å². The van der Waals surface area contributed by atoms with E-state index in [2.05, 4.69) is 0 Å². The van der Waals surface area contributed by atoms with E-state index < -0.39 is 16.0 Å². The van der Waals surface area contributed by atoms with E-state index in [1.54, 1.807) is 13.0 Å². The van der Waals surface area contributed by atoms with E-state index in [0.717, 1.165) is 5.56 Å². The van der Waals surface area contributed by atoms with Crippen molar-refractivity contribution in [3.8, 4) is 0 Å². The number of nitrogens with two attached hydrogens (primary N) is 1. The van der Waals surface area contributed by atoms with Gasteiger partial charge in [0, 0.05) is 0 Å². The number of primary sulfonamides is 1. The van der Waals surface area contributed by atoms with Crippen LogP contribution in [0.3, 0.4) is 0 Å². The molecular formula is C9H11NO4S. The quantitative estimate of drug-likeness (QED) is 0.777. The van der Waals surface area contributed by atoms with Crippen LogP contribution in [-0.4, -0.2) is 19.5 Å². The molecule has 1 aromatic rings. The first kappa shape index (κ1) is 11.7. The van der Waals surface area contributed by atoms with E-state index >= 15 is 0 Å². The van der Waals surface area contributed by atoms with Crippen LogP contribution in [0.1, 0.15) is 11.1 Å². The van der Waals surface area contributed by atoms with Gasteiger partial charge in [-0.1, -0.05) is 17.7 Å². The molecule has 0 spiro atoms. The minimum absolute atomic E-state index is 0.129. The first-order chi connectivity index (χ1) is 6.80. The van der Waals surface area contributed by atoms with E-state index in [-0.39, 0.29) is 16.9 Å². The Balaban J connectivity index is 3.33. The summed E-state index contributed by atoms with van der Waals surface area (Å²) >= 11 is 0. The van der Waals surface area contributed by atoms with Gasteiger partial charge in [0.1, 0.15) is 0 Å². The maximum Gasteiger partial charge on any atom is 0.307 e. The van der Waals surface area contributed by atoms with Gasteiger partial charge in [0.15, 0.2) is 0 Å². The van der Waals surface area contributed by atoms with Crippen molar-refractivity contribution in [2.24, 2.45) is 5.14 Å². The topological polar surface area (TPSA) is 97.5 Å². The molecule has 82 valence electrons. The maximum atomic E-state index is 11.1. The molecule has 0 fully saturated rings. The smallest absolute Gasteiger partial charge is 0.307 e. The van der Waals surface area contributed by atoms with Crippen molar-refractivity contribution in [2.75, 3.05) is 0 Å². The number of sulfonamides is 1. The maximum absolute atomic E-state index is 11.1. The first-order valence-electron chi connectivity index (χ1n) is 4.15. The van der Waals surface area contributed by atoms with Crippen LogP contribution in [0.4, 0.5) is 0 Å². The highest BCUT2D eigenvalue weighted by Crippen LogP contribution is 2.16. The molecule has 0 saturated heterocycles. The fraction of sp³-hybridized carbons (Fsp3) is 0.222. The molecule has 0 aromatic heterocycles. The third-order valence-electron chi connectivity index (χ3n) is 1.86. The summed E-state index contributed by atoms with van der Waals surface area (Å²) in [7, 11) is -3.86. The number of hydrogen-bond donors (Lipinski definition) is 2. The van der Waals surface area contributed by atoms with Gasteiger partial charge in [-0.05, 0) is 18.6 Å². The summed E-state index contributed by atoms with van der Waals surface area (Å²) in [4.78, 5) is 10.4. The molecule has 0 aliphatic carbocycles. The van der Waals surface area contributed by atoms with Crippen LogP contribution in [0.15, 0.2) is 23.1 Å². The van der Waals surface area contributed by atoms with E-state index in [1.807, 2.05) is 0 Å². The van der Waals surface area contributed by atoms with Crippen molar-refractivity contribution in [1.82, 2.24) is 0 Å². The third kappa shape index (κ3) is 3.03. The Bertz CT molecular complexity index is 493. The van der Waals surface area contributed by atoms with Crippen LogP contribution >= 0.6 is 0 Å². The number of rotatable bonds is 3. The van der Waals surface area contributed by atoms with Crippen molar-refractivity contribution in [2.45, 2.75) is 18.2 Å². The Kier molecular flexibility index (Phi) is 3.11. The normalized spacial score (nSPS) is 11.3. The Morgan fingerprint density at radius 2 is 2.07 bits per heavy atom. The predicted octanol–water partition coefficient (Wildman–Crippen LogP) is 0.270. The molecule has 6 heteroatoms. The largest absolute Gasteiger partial charge is 0.481 e. The van der Waals surface area contributed by atoms with Gasteiger partial charge in [-0.25, -0.2) is 13.6 Å². The fourth-order valence-electron chi connectivity index (χ4n) is 1.29. The van der Waals surface area contributed by atoms with E-state index in [0.29, 0.717) is 0 Å². The Morgan fingerprint density at radius 1 is 1.47 bits per heavy atom. The minimum atomic E-state index is -3.86. The molecule has 1 aromatic carbocycles. The zero-order chi connectivity index (χ0) is 11.6. The molecule has 0 unspecified atom stereocenters. The van der Waals surface area contributed by atoms with Gasteiger partial charge >= 0.3 is 5.97 Å². The number of aliphatic carboxylic acids is 1. The van der Waals surface area contributed by atoms with Gasteiger partial charge < -0.3 is 5.11 Å². The van der Waals surface area contributed by atoms with E-state index in [4.69, 9.17) is 10.2 Å². The standard InChI is InChI=1S/C9H11NO4S/c1-6-2-3-8(15(10,13)14)7(4-6)5-9(11)12/h2-4H,5H2,1H3,(H,11,12)(H2,10,13,14). The summed E-state index contributed by atoms with van der Waals surface area (Å²) < 4.78 is 22.3. The molecule has 0 radical (unpaired) electrons. The lowest BCUT2D eigenvalue weighted by atomic mass is 10.1. The molecule has 3 N–H and O–H groups in total. The third-order valence-corrected chi connectivity index (χ3v) is 2.88. The molecule has 0 aliphatic heterocycles. The fourth-order valence-corrected chi connectivity index (χ4v) is 2.04. The molecule has 1 rings (SSSR count). The van der Waals surface area contributed by atoms with Crippen LogP contribution in [-0.2, 0) is 21.2 Å². The zero-order valence-corrected chi connectivity index (χ0v) is 8.91. The molecule has 0 amide bonds. The first-order valence-corrected chi connectivity index (χ1v) is 5.69. The summed E-state index contributed by atoms with van der Waals surface area (Å²) in [6, 6.07) is 4.40. The van der Waals surface area contributed by atoms with Gasteiger partial charge in [-0.3, -0.25) is 4.79 Å². The average molecular weight is 229 g/mol. The number of benzene rings is 1. The van der Waals surface area contributed by atoms with Crippen molar-refractivity contribution in [1.29, 1.82) is 0 Å². The lowest BCUT2D eigenvalue weighted by molar-refractivity contribution is -0.136. The second-order valence-electron chi connectivity index (χ2n) is 3.23. The highest BCUT2D eigenvalue weighted by molar-refractivity contribution is 7.89. The lowest BCUT2D eigenvalue weighted by Crippen LogP contribution is -2.16. The van der Waals surface area contributed by atoms with Gasteiger partial charge in [0.05, 0.1) is 11.3 Å². The van der Waals surface area contributed by atoms with Crippen molar-refractivity contribution < 1.29 is 18.3 Å². The Hall–Kier alpha value is -1.40. The van der Waals surface area contributed by atoms with Crippen LogP contribution in [0.25, 0.3) is 0 Å². The van der Waals surface area contributed by atoms with Gasteiger partial charge in [-0.15, -0.1) is 0 Å². The van der Waals surface area contributed by atoms with Crippen LogP contribution in [0, 0.1) is 6.92 Å². The Morgan fingerprint density at radius 3 is 2.53 bits per heavy atom. The molecular weight excluding hydrogens is 218 g/mol. The van der Waals surface area contributed by atoms with Gasteiger partial charge in [0.2, 0.25) is 10.0 Å². The van der Waals surface area contributed by atoms with Crippen molar-refractivity contribution >= 4 is 16.0 Å². The highest BCUT2D eigenvalue weighted by Gasteiger charge is 2.15. The second-order valence-corrected chi connectivity index (χ2v) is 4.76. The number of carboxylic acid groups (broad SMARTS) is 1. The molecule has 5 nitrogen and oxygen atoms in total. The van der Waals surface area contributed by atoms with Gasteiger partial charge in [0.25, 0.3) is 0 Å².